The molecule has 0 spiro atoms. The summed E-state index contributed by atoms with van der Waals surface area (Å²) in [6, 6.07) is 27.1. The topological polar surface area (TPSA) is 126 Å². The summed E-state index contributed by atoms with van der Waals surface area (Å²) in [7, 11) is 0. The average Bonchev–Trinajstić information content (AvgIpc) is 2.95. The molecule has 9 nitrogen and oxygen atoms in total. The Hall–Kier alpha value is -4.84. The third-order valence-electron chi connectivity index (χ3n) is 5.50. The molecule has 0 aromatic heterocycles. The Kier molecular flexibility index (Phi) is 9.36. The van der Waals surface area contributed by atoms with Crippen LogP contribution >= 0.6 is 22.6 Å². The first kappa shape index (κ1) is 28.2. The van der Waals surface area contributed by atoms with E-state index < -0.39 is 23.7 Å². The number of para-hydroxylation sites is 1. The van der Waals surface area contributed by atoms with Crippen molar-refractivity contribution >= 4 is 63.9 Å². The highest BCUT2D eigenvalue weighted by molar-refractivity contribution is 14.1. The molecular weight excluding hydrogens is 623 g/mol. The van der Waals surface area contributed by atoms with E-state index in [-0.39, 0.29) is 11.3 Å². The molecule has 0 fully saturated rings. The highest BCUT2D eigenvalue weighted by Gasteiger charge is 2.18. The fourth-order valence-corrected chi connectivity index (χ4v) is 4.04. The summed E-state index contributed by atoms with van der Waals surface area (Å²) in [5, 5.41) is 9.01. The molecule has 3 amide bonds. The van der Waals surface area contributed by atoms with Gasteiger partial charge in [0.25, 0.3) is 5.91 Å². The number of hydrazone groups is 1. The molecule has 0 saturated carbocycles. The summed E-state index contributed by atoms with van der Waals surface area (Å²) < 4.78 is 6.17. The zero-order valence-electron chi connectivity index (χ0n) is 21.2. The number of benzene rings is 4. The van der Waals surface area contributed by atoms with E-state index in [0.717, 1.165) is 9.13 Å². The Morgan fingerprint density at radius 1 is 0.750 bits per heavy atom. The zero-order chi connectivity index (χ0) is 28.5. The van der Waals surface area contributed by atoms with Crippen LogP contribution in [0.25, 0.3) is 0 Å². The van der Waals surface area contributed by atoms with Crippen molar-refractivity contribution in [3.05, 3.63) is 123 Å². The van der Waals surface area contributed by atoms with Crippen LogP contribution in [0.3, 0.4) is 0 Å². The van der Waals surface area contributed by atoms with Gasteiger partial charge < -0.3 is 15.4 Å². The van der Waals surface area contributed by atoms with E-state index in [1.807, 2.05) is 31.2 Å². The van der Waals surface area contributed by atoms with Gasteiger partial charge in [-0.3, -0.25) is 14.4 Å². The van der Waals surface area contributed by atoms with Gasteiger partial charge in [-0.2, -0.15) is 5.10 Å². The van der Waals surface area contributed by atoms with Crippen LogP contribution in [-0.2, 0) is 9.59 Å². The lowest BCUT2D eigenvalue weighted by Gasteiger charge is -2.11. The lowest BCUT2D eigenvalue weighted by Crippen LogP contribution is -2.33. The molecule has 0 bridgehead atoms. The van der Waals surface area contributed by atoms with Crippen LogP contribution < -0.4 is 20.8 Å². The van der Waals surface area contributed by atoms with Crippen molar-refractivity contribution in [1.29, 1.82) is 0 Å². The number of anilines is 2. The number of esters is 1. The molecule has 0 unspecified atom stereocenters. The number of nitrogens with one attached hydrogen (secondary N) is 3. The predicted molar refractivity (Wildman–Crippen MR) is 161 cm³/mol. The number of hydrogen-bond acceptors (Lipinski definition) is 6. The second-order valence-electron chi connectivity index (χ2n) is 8.46. The summed E-state index contributed by atoms with van der Waals surface area (Å²) in [6.07, 6.45) is 1.33. The summed E-state index contributed by atoms with van der Waals surface area (Å²) in [4.78, 5) is 49.8. The number of halogens is 1. The van der Waals surface area contributed by atoms with Crippen molar-refractivity contribution in [1.82, 2.24) is 5.43 Å². The summed E-state index contributed by atoms with van der Waals surface area (Å²) in [6.45, 7) is 1.94. The molecule has 0 saturated heterocycles. The van der Waals surface area contributed by atoms with Gasteiger partial charge in [-0.05, 0) is 95.7 Å². The minimum atomic E-state index is -1.02. The van der Waals surface area contributed by atoms with E-state index in [0.29, 0.717) is 22.6 Å². The smallest absolute Gasteiger partial charge is 0.344 e. The van der Waals surface area contributed by atoms with E-state index in [1.165, 1.54) is 18.3 Å². The molecule has 4 rings (SSSR count). The van der Waals surface area contributed by atoms with Gasteiger partial charge in [0.1, 0.15) is 5.75 Å². The summed E-state index contributed by atoms with van der Waals surface area (Å²) in [5.41, 5.74) is 5.22. The molecule has 40 heavy (non-hydrogen) atoms. The monoisotopic (exact) mass is 646 g/mol. The van der Waals surface area contributed by atoms with Crippen molar-refractivity contribution in [2.45, 2.75) is 6.92 Å². The normalized spacial score (nSPS) is 10.6. The Bertz CT molecular complexity index is 1580. The molecule has 4 aromatic rings. The molecule has 200 valence electrons. The van der Waals surface area contributed by atoms with E-state index in [1.54, 1.807) is 60.7 Å². The minimum Gasteiger partial charge on any atom is -0.423 e. The van der Waals surface area contributed by atoms with Gasteiger partial charge >= 0.3 is 17.8 Å². The molecule has 0 atom stereocenters. The van der Waals surface area contributed by atoms with E-state index in [4.69, 9.17) is 4.74 Å². The minimum absolute atomic E-state index is 0.173. The number of rotatable bonds is 7. The SMILES string of the molecule is Cc1ccc(NC(=O)c2ccccc2NC(=O)C(=O)N/N=C/c2ccc(OC(=O)c3ccccc3I)cc2)cc1. The maximum Gasteiger partial charge on any atom is 0.344 e. The van der Waals surface area contributed by atoms with Gasteiger partial charge in [-0.25, -0.2) is 10.2 Å². The lowest BCUT2D eigenvalue weighted by atomic mass is 10.1. The van der Waals surface area contributed by atoms with Gasteiger partial charge in [0.15, 0.2) is 0 Å². The number of hydrogen-bond donors (Lipinski definition) is 3. The molecular formula is C30H23IN4O5. The van der Waals surface area contributed by atoms with Gasteiger partial charge in [-0.1, -0.05) is 42.0 Å². The number of amides is 3. The van der Waals surface area contributed by atoms with E-state index in [9.17, 15) is 19.2 Å². The second kappa shape index (κ2) is 13.3. The summed E-state index contributed by atoms with van der Waals surface area (Å²) >= 11 is 2.06. The number of carbonyl (C=O) groups excluding carboxylic acids is 4. The maximum atomic E-state index is 12.8. The fourth-order valence-electron chi connectivity index (χ4n) is 3.43. The number of ether oxygens (including phenoxy) is 1. The van der Waals surface area contributed by atoms with Crippen LogP contribution in [0.1, 0.15) is 31.8 Å². The highest BCUT2D eigenvalue weighted by Crippen LogP contribution is 2.19. The van der Waals surface area contributed by atoms with Crippen molar-refractivity contribution in [3.63, 3.8) is 0 Å². The lowest BCUT2D eigenvalue weighted by molar-refractivity contribution is -0.136. The zero-order valence-corrected chi connectivity index (χ0v) is 23.3. The molecule has 4 aromatic carbocycles. The maximum absolute atomic E-state index is 12.8. The van der Waals surface area contributed by atoms with Crippen molar-refractivity contribution in [2.24, 2.45) is 5.10 Å². The Balaban J connectivity index is 1.31. The van der Waals surface area contributed by atoms with Gasteiger partial charge in [0.2, 0.25) is 0 Å². The first-order valence-corrected chi connectivity index (χ1v) is 13.1. The first-order valence-electron chi connectivity index (χ1n) is 12.0. The molecule has 0 aliphatic rings. The Morgan fingerprint density at radius 2 is 1.40 bits per heavy atom. The van der Waals surface area contributed by atoms with Crippen molar-refractivity contribution in [3.8, 4) is 5.75 Å². The standard InChI is InChI=1S/C30H23IN4O5/c1-19-10-14-21(15-11-19)33-27(36)24-7-3-5-9-26(24)34-28(37)29(38)35-32-18-20-12-16-22(17-13-20)40-30(39)23-6-2-4-8-25(23)31/h2-18H,1H3,(H,33,36)(H,34,37)(H,35,38)/b32-18+. The van der Waals surface area contributed by atoms with Crippen molar-refractivity contribution < 1.29 is 23.9 Å². The Morgan fingerprint density at radius 3 is 2.10 bits per heavy atom. The summed E-state index contributed by atoms with van der Waals surface area (Å²) in [5.74, 6) is -2.58. The molecule has 0 aliphatic heterocycles. The van der Waals surface area contributed by atoms with Crippen LogP contribution in [-0.4, -0.2) is 29.9 Å². The van der Waals surface area contributed by atoms with Crippen LogP contribution in [0.15, 0.2) is 102 Å². The number of nitrogens with zero attached hydrogens (tertiary/aromatic N) is 1. The van der Waals surface area contributed by atoms with E-state index in [2.05, 4.69) is 43.8 Å². The molecule has 3 N–H and O–H groups in total. The average molecular weight is 646 g/mol. The third kappa shape index (κ3) is 7.60. The molecule has 0 heterocycles. The van der Waals surface area contributed by atoms with Gasteiger partial charge in [-0.15, -0.1) is 0 Å². The highest BCUT2D eigenvalue weighted by atomic mass is 127. The van der Waals surface area contributed by atoms with Gasteiger partial charge in [0.05, 0.1) is 23.0 Å². The molecule has 10 heteroatoms. The quantitative estimate of drug-likeness (QED) is 0.0639. The number of aryl methyl sites for hydroxylation is 1. The van der Waals surface area contributed by atoms with Crippen LogP contribution in [0, 0.1) is 10.5 Å². The molecule has 0 aliphatic carbocycles. The third-order valence-corrected chi connectivity index (χ3v) is 6.44. The first-order chi connectivity index (χ1) is 19.3. The molecule has 0 radical (unpaired) electrons. The van der Waals surface area contributed by atoms with Crippen LogP contribution in [0.4, 0.5) is 11.4 Å². The van der Waals surface area contributed by atoms with Crippen LogP contribution in [0.2, 0.25) is 0 Å². The van der Waals surface area contributed by atoms with Gasteiger partial charge in [0, 0.05) is 9.26 Å². The Labute approximate surface area is 243 Å². The largest absolute Gasteiger partial charge is 0.423 e. The number of carbonyl (C=O) groups is 4. The van der Waals surface area contributed by atoms with Crippen molar-refractivity contribution in [2.75, 3.05) is 10.6 Å². The predicted octanol–water partition coefficient (Wildman–Crippen LogP) is 5.16. The second-order valence-corrected chi connectivity index (χ2v) is 9.62. The fraction of sp³-hybridized carbons (Fsp3) is 0.0333. The van der Waals surface area contributed by atoms with Crippen LogP contribution in [0.5, 0.6) is 5.75 Å². The van der Waals surface area contributed by atoms with E-state index >= 15 is 0 Å².